The molecular formula is C31H34N2O6. The summed E-state index contributed by atoms with van der Waals surface area (Å²) >= 11 is 0. The first-order chi connectivity index (χ1) is 19.0. The zero-order chi connectivity index (χ0) is 27.8. The molecule has 0 aliphatic carbocycles. The van der Waals surface area contributed by atoms with Crippen LogP contribution in [0.15, 0.2) is 60.8 Å². The maximum Gasteiger partial charge on any atom is 0.255 e. The Kier molecular flexibility index (Phi) is 9.10. The van der Waals surface area contributed by atoms with Crippen LogP contribution in [0.3, 0.4) is 0 Å². The average molecular weight is 531 g/mol. The number of carbonyl (C=O) groups excluding carboxylic acids is 1. The number of ether oxygens (including phenoxy) is 5. The van der Waals surface area contributed by atoms with Gasteiger partial charge in [-0.15, -0.1) is 0 Å². The first kappa shape index (κ1) is 27.6. The number of methoxy groups -OCH3 is 4. The lowest BCUT2D eigenvalue weighted by Crippen LogP contribution is -2.14. The minimum Gasteiger partial charge on any atom is -0.494 e. The molecule has 0 radical (unpaired) electrons. The molecule has 0 bridgehead atoms. The summed E-state index contributed by atoms with van der Waals surface area (Å²) in [5, 5.41) is 4.93. The molecule has 0 aliphatic rings. The molecule has 1 amide bonds. The van der Waals surface area contributed by atoms with Gasteiger partial charge in [-0.2, -0.15) is 0 Å². The second-order valence-corrected chi connectivity index (χ2v) is 8.91. The van der Waals surface area contributed by atoms with Crippen LogP contribution in [0.5, 0.6) is 28.7 Å². The Hall–Kier alpha value is -4.46. The number of benzene rings is 3. The summed E-state index contributed by atoms with van der Waals surface area (Å²) in [6, 6.07) is 16.5. The number of anilines is 1. The Bertz CT molecular complexity index is 1440. The summed E-state index contributed by atoms with van der Waals surface area (Å²) in [7, 11) is 6.35. The molecule has 1 N–H and O–H groups in total. The molecule has 0 aliphatic heterocycles. The summed E-state index contributed by atoms with van der Waals surface area (Å²) in [5.74, 6) is 2.80. The number of nitrogens with zero attached hydrogens (tertiary/aromatic N) is 1. The lowest BCUT2D eigenvalue weighted by molar-refractivity contribution is 0.102. The van der Waals surface area contributed by atoms with Gasteiger partial charge in [0.1, 0.15) is 5.75 Å². The molecule has 0 fully saturated rings. The number of nitrogens with one attached hydrogen (secondary N) is 1. The van der Waals surface area contributed by atoms with E-state index in [0.29, 0.717) is 47.3 Å². The lowest BCUT2D eigenvalue weighted by Gasteiger charge is -2.17. The summed E-state index contributed by atoms with van der Waals surface area (Å²) in [5.41, 5.74) is 2.74. The quantitative estimate of drug-likeness (QED) is 0.215. The molecule has 204 valence electrons. The molecule has 0 unspecified atom stereocenters. The Labute approximate surface area is 228 Å². The van der Waals surface area contributed by atoms with E-state index >= 15 is 0 Å². The van der Waals surface area contributed by atoms with Gasteiger partial charge in [0.25, 0.3) is 5.91 Å². The van der Waals surface area contributed by atoms with Crippen molar-refractivity contribution in [2.45, 2.75) is 26.2 Å². The Balaban J connectivity index is 1.67. The maximum absolute atomic E-state index is 13.2. The minimum atomic E-state index is -0.249. The van der Waals surface area contributed by atoms with Crippen LogP contribution < -0.4 is 29.0 Å². The van der Waals surface area contributed by atoms with Gasteiger partial charge in [-0.1, -0.05) is 13.3 Å². The van der Waals surface area contributed by atoms with E-state index in [1.807, 2.05) is 36.4 Å². The summed E-state index contributed by atoms with van der Waals surface area (Å²) < 4.78 is 27.8. The van der Waals surface area contributed by atoms with Crippen LogP contribution in [0.4, 0.5) is 5.69 Å². The van der Waals surface area contributed by atoms with Gasteiger partial charge >= 0.3 is 0 Å². The molecule has 8 nitrogen and oxygen atoms in total. The van der Waals surface area contributed by atoms with E-state index in [9.17, 15) is 4.79 Å². The zero-order valence-corrected chi connectivity index (χ0v) is 23.0. The summed E-state index contributed by atoms with van der Waals surface area (Å²) in [4.78, 5) is 17.9. The average Bonchev–Trinajstić information content (AvgIpc) is 2.97. The molecule has 4 rings (SSSR count). The van der Waals surface area contributed by atoms with Gasteiger partial charge in [0.15, 0.2) is 23.0 Å². The van der Waals surface area contributed by atoms with Crippen LogP contribution in [0, 0.1) is 0 Å². The van der Waals surface area contributed by atoms with Gasteiger partial charge in [-0.25, -0.2) is 0 Å². The van der Waals surface area contributed by atoms with Crippen molar-refractivity contribution >= 4 is 22.4 Å². The molecular weight excluding hydrogens is 496 g/mol. The molecule has 39 heavy (non-hydrogen) atoms. The molecule has 0 spiro atoms. The van der Waals surface area contributed by atoms with E-state index < -0.39 is 0 Å². The monoisotopic (exact) mass is 530 g/mol. The molecule has 3 aromatic carbocycles. The number of hydrogen-bond acceptors (Lipinski definition) is 7. The fraction of sp³-hybridized carbons (Fsp3) is 0.290. The van der Waals surface area contributed by atoms with Crippen molar-refractivity contribution in [2.24, 2.45) is 0 Å². The second-order valence-electron chi connectivity index (χ2n) is 8.91. The number of hydrogen-bond donors (Lipinski definition) is 1. The Morgan fingerprint density at radius 2 is 1.46 bits per heavy atom. The van der Waals surface area contributed by atoms with Crippen LogP contribution in [0.2, 0.25) is 0 Å². The first-order valence-corrected chi connectivity index (χ1v) is 12.8. The predicted octanol–water partition coefficient (Wildman–Crippen LogP) is 6.29. The fourth-order valence-electron chi connectivity index (χ4n) is 4.30. The minimum absolute atomic E-state index is 0.249. The van der Waals surface area contributed by atoms with Crippen molar-refractivity contribution in [3.63, 3.8) is 0 Å². The smallest absolute Gasteiger partial charge is 0.255 e. The highest BCUT2D eigenvalue weighted by molar-refractivity contribution is 6.05. The van der Waals surface area contributed by atoms with Gasteiger partial charge < -0.3 is 29.0 Å². The van der Waals surface area contributed by atoms with Gasteiger partial charge in [0, 0.05) is 35.3 Å². The third-order valence-electron chi connectivity index (χ3n) is 6.45. The highest BCUT2D eigenvalue weighted by atomic mass is 16.5. The molecule has 1 aromatic heterocycles. The Morgan fingerprint density at radius 1 is 0.821 bits per heavy atom. The van der Waals surface area contributed by atoms with Crippen molar-refractivity contribution in [2.75, 3.05) is 40.4 Å². The largest absolute Gasteiger partial charge is 0.494 e. The van der Waals surface area contributed by atoms with E-state index in [4.69, 9.17) is 23.7 Å². The number of amides is 1. The summed E-state index contributed by atoms with van der Waals surface area (Å²) in [6.07, 6.45) is 4.22. The SMILES string of the molecule is CCCCOc1ccc(C(=O)Nc2cc(OC)c(OC)cc2Cc2nccc3cc(OC)c(OC)cc23)cc1. The number of carbonyl (C=O) groups is 1. The fourth-order valence-corrected chi connectivity index (χ4v) is 4.30. The van der Waals surface area contributed by atoms with Gasteiger partial charge in [0.05, 0.1) is 40.7 Å². The number of unbranched alkanes of at least 4 members (excludes halogenated alkanes) is 1. The molecule has 0 saturated carbocycles. The van der Waals surface area contributed by atoms with Crippen molar-refractivity contribution in [1.29, 1.82) is 0 Å². The number of fused-ring (bicyclic) bond motifs is 1. The van der Waals surface area contributed by atoms with Crippen molar-refractivity contribution in [3.8, 4) is 28.7 Å². The van der Waals surface area contributed by atoms with Crippen molar-refractivity contribution in [3.05, 3.63) is 77.6 Å². The second kappa shape index (κ2) is 12.9. The van der Waals surface area contributed by atoms with Crippen molar-refractivity contribution < 1.29 is 28.5 Å². The van der Waals surface area contributed by atoms with E-state index in [1.165, 1.54) is 0 Å². The maximum atomic E-state index is 13.2. The van der Waals surface area contributed by atoms with Crippen LogP contribution in [0.25, 0.3) is 10.8 Å². The molecule has 1 heterocycles. The standard InChI is InChI=1S/C31H34N2O6/c1-6-7-14-39-23-10-8-20(9-11-23)31(34)33-25-19-30(38-5)28(36-3)17-22(25)15-26-24-18-29(37-4)27(35-2)16-21(24)12-13-32-26/h8-13,16-19H,6-7,14-15H2,1-5H3,(H,33,34). The first-order valence-electron chi connectivity index (χ1n) is 12.8. The third-order valence-corrected chi connectivity index (χ3v) is 6.45. The van der Waals surface area contributed by atoms with Gasteiger partial charge in [-0.05, 0) is 65.9 Å². The van der Waals surface area contributed by atoms with Crippen LogP contribution in [-0.2, 0) is 6.42 Å². The van der Waals surface area contributed by atoms with E-state index in [-0.39, 0.29) is 5.91 Å². The topological polar surface area (TPSA) is 88.1 Å². The van der Waals surface area contributed by atoms with Crippen LogP contribution in [-0.4, -0.2) is 45.9 Å². The molecule has 0 saturated heterocycles. The predicted molar refractivity (Wildman–Crippen MR) is 152 cm³/mol. The van der Waals surface area contributed by atoms with Crippen LogP contribution in [0.1, 0.15) is 41.4 Å². The molecule has 4 aromatic rings. The normalized spacial score (nSPS) is 10.7. The Morgan fingerprint density at radius 3 is 2.13 bits per heavy atom. The highest BCUT2D eigenvalue weighted by Crippen LogP contribution is 2.37. The van der Waals surface area contributed by atoms with E-state index in [1.54, 1.807) is 52.8 Å². The third kappa shape index (κ3) is 6.34. The van der Waals surface area contributed by atoms with Crippen molar-refractivity contribution in [1.82, 2.24) is 4.98 Å². The van der Waals surface area contributed by atoms with E-state index in [2.05, 4.69) is 17.2 Å². The van der Waals surface area contributed by atoms with Crippen LogP contribution >= 0.6 is 0 Å². The number of pyridine rings is 1. The lowest BCUT2D eigenvalue weighted by atomic mass is 10.0. The number of aromatic nitrogens is 1. The highest BCUT2D eigenvalue weighted by Gasteiger charge is 2.17. The zero-order valence-electron chi connectivity index (χ0n) is 23.0. The van der Waals surface area contributed by atoms with Gasteiger partial charge in [-0.3, -0.25) is 9.78 Å². The van der Waals surface area contributed by atoms with Gasteiger partial charge in [0.2, 0.25) is 0 Å². The number of rotatable bonds is 12. The summed E-state index contributed by atoms with van der Waals surface area (Å²) in [6.45, 7) is 2.77. The molecule has 0 atom stereocenters. The van der Waals surface area contributed by atoms with E-state index in [0.717, 1.165) is 40.6 Å². The molecule has 8 heteroatoms.